The Morgan fingerprint density at radius 1 is 1.38 bits per heavy atom. The van der Waals surface area contributed by atoms with E-state index in [9.17, 15) is 5.11 Å². The first kappa shape index (κ1) is 11.9. The minimum Gasteiger partial charge on any atom is -0.393 e. The van der Waals surface area contributed by atoms with Gasteiger partial charge in [-0.2, -0.15) is 0 Å². The van der Waals surface area contributed by atoms with Gasteiger partial charge in [-0.3, -0.25) is 0 Å². The molecule has 1 aliphatic rings. The summed E-state index contributed by atoms with van der Waals surface area (Å²) in [6.07, 6.45) is 0.702. The fourth-order valence-corrected chi connectivity index (χ4v) is 2.08. The van der Waals surface area contributed by atoms with E-state index >= 15 is 0 Å². The molecule has 0 saturated carbocycles. The van der Waals surface area contributed by atoms with Crippen molar-refractivity contribution in [1.29, 1.82) is 0 Å². The van der Waals surface area contributed by atoms with Crippen LogP contribution in [0.5, 0.6) is 0 Å². The van der Waals surface area contributed by atoms with Gasteiger partial charge in [0.1, 0.15) is 5.60 Å². The second-order valence-electron chi connectivity index (χ2n) is 4.17. The van der Waals surface area contributed by atoms with Crippen molar-refractivity contribution in [3.05, 3.63) is 34.9 Å². The molecule has 0 amide bonds. The highest BCUT2D eigenvalue weighted by Gasteiger charge is 2.32. The number of hydrogen-bond donors (Lipinski definition) is 2. The van der Waals surface area contributed by atoms with Crippen molar-refractivity contribution in [3.8, 4) is 0 Å². The van der Waals surface area contributed by atoms with Crippen molar-refractivity contribution < 1.29 is 9.84 Å². The van der Waals surface area contributed by atoms with Gasteiger partial charge in [-0.1, -0.05) is 23.7 Å². The molecule has 1 unspecified atom stereocenters. The van der Waals surface area contributed by atoms with E-state index in [-0.39, 0.29) is 6.61 Å². The van der Waals surface area contributed by atoms with E-state index in [1.807, 2.05) is 24.3 Å². The molecule has 1 saturated heterocycles. The number of rotatable bonds is 3. The summed E-state index contributed by atoms with van der Waals surface area (Å²) in [5, 5.41) is 13.4. The van der Waals surface area contributed by atoms with Gasteiger partial charge >= 0.3 is 0 Å². The van der Waals surface area contributed by atoms with Crippen LogP contribution in [0.3, 0.4) is 0 Å². The maximum Gasteiger partial charge on any atom is 0.108 e. The molecule has 0 aliphatic carbocycles. The first-order chi connectivity index (χ1) is 7.74. The van der Waals surface area contributed by atoms with E-state index < -0.39 is 5.60 Å². The van der Waals surface area contributed by atoms with Crippen molar-refractivity contribution in [2.24, 2.45) is 0 Å². The van der Waals surface area contributed by atoms with E-state index in [0.717, 1.165) is 17.1 Å². The molecular formula is C12H16ClNO2. The Kier molecular flexibility index (Phi) is 3.82. The summed E-state index contributed by atoms with van der Waals surface area (Å²) < 4.78 is 5.70. The highest BCUT2D eigenvalue weighted by molar-refractivity contribution is 6.30. The summed E-state index contributed by atoms with van der Waals surface area (Å²) in [5.41, 5.74) is 0.647. The molecular weight excluding hydrogens is 226 g/mol. The lowest BCUT2D eigenvalue weighted by Gasteiger charge is -2.36. The van der Waals surface area contributed by atoms with Crippen molar-refractivity contribution in [2.75, 3.05) is 26.3 Å². The summed E-state index contributed by atoms with van der Waals surface area (Å²) in [5.74, 6) is 0. The molecule has 0 spiro atoms. The second-order valence-corrected chi connectivity index (χ2v) is 4.61. The Morgan fingerprint density at radius 2 is 2.12 bits per heavy atom. The summed E-state index contributed by atoms with van der Waals surface area (Å²) in [6.45, 7) is 2.21. The fraction of sp³-hybridized carbons (Fsp3) is 0.500. The lowest BCUT2D eigenvalue weighted by Crippen LogP contribution is -2.53. The SMILES string of the molecule is OCC1(Cc2ccc(Cl)cc2)CNCCO1. The highest BCUT2D eigenvalue weighted by atomic mass is 35.5. The molecule has 16 heavy (non-hydrogen) atoms. The zero-order valence-corrected chi connectivity index (χ0v) is 9.83. The number of benzene rings is 1. The zero-order valence-electron chi connectivity index (χ0n) is 9.08. The first-order valence-electron chi connectivity index (χ1n) is 5.44. The molecule has 4 heteroatoms. The van der Waals surface area contributed by atoms with Gasteiger partial charge in [0.25, 0.3) is 0 Å². The van der Waals surface area contributed by atoms with Gasteiger partial charge in [-0.05, 0) is 17.7 Å². The van der Waals surface area contributed by atoms with E-state index in [2.05, 4.69) is 5.32 Å². The van der Waals surface area contributed by atoms with Crippen LogP contribution in [0.1, 0.15) is 5.56 Å². The van der Waals surface area contributed by atoms with Gasteiger partial charge in [0.2, 0.25) is 0 Å². The molecule has 0 radical (unpaired) electrons. The normalized spacial score (nSPS) is 25.6. The van der Waals surface area contributed by atoms with Gasteiger partial charge < -0.3 is 15.2 Å². The topological polar surface area (TPSA) is 41.5 Å². The predicted octanol–water partition coefficient (Wildman–Crippen LogP) is 1.23. The molecule has 3 nitrogen and oxygen atoms in total. The predicted molar refractivity (Wildman–Crippen MR) is 63.8 cm³/mol. The average molecular weight is 242 g/mol. The molecule has 0 bridgehead atoms. The van der Waals surface area contributed by atoms with Crippen LogP contribution in [0, 0.1) is 0 Å². The van der Waals surface area contributed by atoms with E-state index in [4.69, 9.17) is 16.3 Å². The van der Waals surface area contributed by atoms with Crippen molar-refractivity contribution in [3.63, 3.8) is 0 Å². The molecule has 1 aromatic carbocycles. The number of aliphatic hydroxyl groups is 1. The number of ether oxygens (including phenoxy) is 1. The van der Waals surface area contributed by atoms with Crippen LogP contribution >= 0.6 is 11.6 Å². The monoisotopic (exact) mass is 241 g/mol. The number of aliphatic hydroxyl groups excluding tert-OH is 1. The lowest BCUT2D eigenvalue weighted by molar-refractivity contribution is -0.0954. The largest absolute Gasteiger partial charge is 0.393 e. The third kappa shape index (κ3) is 2.74. The Bertz CT molecular complexity index is 333. The average Bonchev–Trinajstić information content (AvgIpc) is 2.33. The fourth-order valence-electron chi connectivity index (χ4n) is 1.95. The first-order valence-corrected chi connectivity index (χ1v) is 5.82. The third-order valence-electron chi connectivity index (χ3n) is 2.86. The minimum absolute atomic E-state index is 0.0304. The summed E-state index contributed by atoms with van der Waals surface area (Å²) in [4.78, 5) is 0. The van der Waals surface area contributed by atoms with Gasteiger partial charge in [-0.15, -0.1) is 0 Å². The summed E-state index contributed by atoms with van der Waals surface area (Å²) in [6, 6.07) is 7.66. The van der Waals surface area contributed by atoms with Gasteiger partial charge in [0, 0.05) is 24.5 Å². The number of halogens is 1. The zero-order chi connectivity index (χ0) is 11.4. The lowest BCUT2D eigenvalue weighted by atomic mass is 9.94. The Labute approximate surface area is 100 Å². The molecule has 1 aromatic rings. The molecule has 2 rings (SSSR count). The highest BCUT2D eigenvalue weighted by Crippen LogP contribution is 2.20. The smallest absolute Gasteiger partial charge is 0.108 e. The van der Waals surface area contributed by atoms with Gasteiger partial charge in [0.05, 0.1) is 13.2 Å². The maximum absolute atomic E-state index is 9.47. The maximum atomic E-state index is 9.47. The standard InChI is InChI=1S/C12H16ClNO2/c13-11-3-1-10(2-4-11)7-12(9-15)8-14-5-6-16-12/h1-4,14-15H,5-9H2. The molecule has 2 N–H and O–H groups in total. The molecule has 88 valence electrons. The third-order valence-corrected chi connectivity index (χ3v) is 3.11. The van der Waals surface area contributed by atoms with Crippen LogP contribution in [-0.2, 0) is 11.2 Å². The second kappa shape index (κ2) is 5.15. The van der Waals surface area contributed by atoms with E-state index in [0.29, 0.717) is 19.6 Å². The van der Waals surface area contributed by atoms with Crippen LogP contribution in [0.4, 0.5) is 0 Å². The van der Waals surface area contributed by atoms with Crippen molar-refractivity contribution in [2.45, 2.75) is 12.0 Å². The Morgan fingerprint density at radius 3 is 2.69 bits per heavy atom. The van der Waals surface area contributed by atoms with Crippen molar-refractivity contribution in [1.82, 2.24) is 5.32 Å². The Hall–Kier alpha value is -0.610. The molecule has 1 fully saturated rings. The van der Waals surface area contributed by atoms with Crippen LogP contribution in [0.15, 0.2) is 24.3 Å². The van der Waals surface area contributed by atoms with Crippen LogP contribution in [0.25, 0.3) is 0 Å². The van der Waals surface area contributed by atoms with E-state index in [1.54, 1.807) is 0 Å². The van der Waals surface area contributed by atoms with Gasteiger partial charge in [-0.25, -0.2) is 0 Å². The molecule has 0 aromatic heterocycles. The minimum atomic E-state index is -0.480. The number of morpholine rings is 1. The number of hydrogen-bond acceptors (Lipinski definition) is 3. The van der Waals surface area contributed by atoms with Crippen LogP contribution in [-0.4, -0.2) is 37.0 Å². The van der Waals surface area contributed by atoms with E-state index in [1.165, 1.54) is 0 Å². The Balaban J connectivity index is 2.08. The molecule has 1 heterocycles. The summed E-state index contributed by atoms with van der Waals surface area (Å²) >= 11 is 5.83. The van der Waals surface area contributed by atoms with Crippen LogP contribution in [0.2, 0.25) is 5.02 Å². The number of nitrogens with one attached hydrogen (secondary N) is 1. The molecule has 1 atom stereocenters. The van der Waals surface area contributed by atoms with Gasteiger partial charge in [0.15, 0.2) is 0 Å². The molecule has 1 aliphatic heterocycles. The quantitative estimate of drug-likeness (QED) is 0.837. The van der Waals surface area contributed by atoms with Crippen molar-refractivity contribution >= 4 is 11.6 Å². The summed E-state index contributed by atoms with van der Waals surface area (Å²) in [7, 11) is 0. The van der Waals surface area contributed by atoms with Crippen LogP contribution < -0.4 is 5.32 Å².